The predicted octanol–water partition coefficient (Wildman–Crippen LogP) is 2.58. The van der Waals surface area contributed by atoms with Crippen molar-refractivity contribution in [1.29, 1.82) is 0 Å². The summed E-state index contributed by atoms with van der Waals surface area (Å²) in [6.07, 6.45) is 13.6. The maximum atomic E-state index is 11.2. The number of aromatic nitrogens is 2. The minimum absolute atomic E-state index is 0.0617. The number of nitrogens with one attached hydrogen (secondary N) is 1. The van der Waals surface area contributed by atoms with Gasteiger partial charge in [0.2, 0.25) is 5.91 Å². The minimum Gasteiger partial charge on any atom is -0.311 e. The third kappa shape index (κ3) is 3.65. The zero-order chi connectivity index (χ0) is 15.4. The molecule has 1 amide bonds. The molecule has 1 N–H and O–H groups in total. The Balaban J connectivity index is 1.64. The van der Waals surface area contributed by atoms with Gasteiger partial charge in [-0.25, -0.2) is 4.68 Å². The van der Waals surface area contributed by atoms with Crippen molar-refractivity contribution in [2.75, 3.05) is 18.4 Å². The third-order valence-corrected chi connectivity index (χ3v) is 4.33. The highest BCUT2D eigenvalue weighted by atomic mass is 16.1. The molecule has 22 heavy (non-hydrogen) atoms. The fourth-order valence-corrected chi connectivity index (χ4v) is 3.27. The van der Waals surface area contributed by atoms with E-state index in [0.717, 1.165) is 31.9 Å². The summed E-state index contributed by atoms with van der Waals surface area (Å²) in [5.41, 5.74) is 1.38. The quantitative estimate of drug-likeness (QED) is 0.870. The van der Waals surface area contributed by atoms with Crippen molar-refractivity contribution in [3.8, 4) is 0 Å². The first-order chi connectivity index (χ1) is 10.7. The van der Waals surface area contributed by atoms with E-state index in [4.69, 9.17) is 0 Å². The Morgan fingerprint density at radius 2 is 2.36 bits per heavy atom. The van der Waals surface area contributed by atoms with Crippen LogP contribution < -0.4 is 5.32 Å². The summed E-state index contributed by atoms with van der Waals surface area (Å²) < 4.78 is 1.87. The number of hydrogen-bond donors (Lipinski definition) is 1. The van der Waals surface area contributed by atoms with Crippen molar-refractivity contribution < 1.29 is 4.79 Å². The molecule has 1 aliphatic carbocycles. The third-order valence-electron chi connectivity index (χ3n) is 4.33. The molecule has 0 unspecified atom stereocenters. The fraction of sp³-hybridized carbons (Fsp3) is 0.529. The van der Waals surface area contributed by atoms with E-state index >= 15 is 0 Å². The van der Waals surface area contributed by atoms with Crippen LogP contribution in [0.1, 0.15) is 32.6 Å². The molecular weight excluding hydrogens is 276 g/mol. The van der Waals surface area contributed by atoms with Crippen LogP contribution in [0.4, 0.5) is 5.82 Å². The molecule has 2 aliphatic rings. The molecule has 5 heteroatoms. The normalized spacial score (nSPS) is 22.4. The molecule has 2 heterocycles. The summed E-state index contributed by atoms with van der Waals surface area (Å²) in [6.45, 7) is 4.40. The van der Waals surface area contributed by atoms with Crippen LogP contribution in [-0.4, -0.2) is 39.7 Å². The second-order valence-electron chi connectivity index (χ2n) is 6.10. The first-order valence-electron chi connectivity index (χ1n) is 8.10. The molecule has 0 bridgehead atoms. The summed E-state index contributed by atoms with van der Waals surface area (Å²) >= 11 is 0. The van der Waals surface area contributed by atoms with E-state index in [-0.39, 0.29) is 5.91 Å². The molecule has 0 radical (unpaired) electrons. The maximum Gasteiger partial charge on any atom is 0.222 e. The Hall–Kier alpha value is -1.88. The van der Waals surface area contributed by atoms with Gasteiger partial charge in [-0.1, -0.05) is 18.2 Å². The van der Waals surface area contributed by atoms with E-state index < -0.39 is 0 Å². The first-order valence-corrected chi connectivity index (χ1v) is 8.10. The second kappa shape index (κ2) is 6.92. The lowest BCUT2D eigenvalue weighted by Crippen LogP contribution is -2.39. The molecule has 0 saturated heterocycles. The van der Waals surface area contributed by atoms with Crippen LogP contribution in [-0.2, 0) is 11.3 Å². The van der Waals surface area contributed by atoms with Crippen LogP contribution in [0.25, 0.3) is 0 Å². The van der Waals surface area contributed by atoms with Crippen LogP contribution in [0.5, 0.6) is 0 Å². The summed E-state index contributed by atoms with van der Waals surface area (Å²) in [5.74, 6) is 0.705. The van der Waals surface area contributed by atoms with Crippen LogP contribution in [0.2, 0.25) is 0 Å². The van der Waals surface area contributed by atoms with Gasteiger partial charge >= 0.3 is 0 Å². The van der Waals surface area contributed by atoms with Crippen molar-refractivity contribution in [2.45, 2.75) is 45.2 Å². The number of hydrogen-bond acceptors (Lipinski definition) is 3. The van der Waals surface area contributed by atoms with Gasteiger partial charge in [-0.05, 0) is 31.3 Å². The Bertz CT molecular complexity index is 587. The van der Waals surface area contributed by atoms with Crippen molar-refractivity contribution in [3.63, 3.8) is 0 Å². The molecule has 118 valence electrons. The summed E-state index contributed by atoms with van der Waals surface area (Å²) in [4.78, 5) is 13.8. The van der Waals surface area contributed by atoms with Gasteiger partial charge in [-0.15, -0.1) is 0 Å². The molecule has 0 aromatic carbocycles. The van der Waals surface area contributed by atoms with E-state index in [2.05, 4.69) is 33.5 Å². The summed E-state index contributed by atoms with van der Waals surface area (Å²) in [7, 11) is 0. The highest BCUT2D eigenvalue weighted by Gasteiger charge is 2.21. The lowest BCUT2D eigenvalue weighted by molar-refractivity contribution is -0.114. The number of carbonyl (C=O) groups is 1. The average molecular weight is 300 g/mol. The molecule has 1 atom stereocenters. The molecule has 0 saturated carbocycles. The van der Waals surface area contributed by atoms with E-state index in [1.165, 1.54) is 31.8 Å². The standard InChI is InChI=1S/C17H24N4O/c1-14(22)19-17-9-10-18-21(17)13-15-6-5-11-20(12-15)16-7-3-2-4-8-16/h3,6-7,9-10,16H,2,4-5,8,11-13H2,1H3,(H,19,22)/t16-/m0/s1. The van der Waals surface area contributed by atoms with Gasteiger partial charge in [0, 0.05) is 32.1 Å². The highest BCUT2D eigenvalue weighted by Crippen LogP contribution is 2.22. The number of amides is 1. The molecule has 1 aliphatic heterocycles. The predicted molar refractivity (Wildman–Crippen MR) is 87.6 cm³/mol. The molecule has 5 nitrogen and oxygen atoms in total. The largest absolute Gasteiger partial charge is 0.311 e. The highest BCUT2D eigenvalue weighted by molar-refractivity contribution is 5.87. The van der Waals surface area contributed by atoms with Crippen molar-refractivity contribution >= 4 is 11.7 Å². The van der Waals surface area contributed by atoms with Crippen molar-refractivity contribution in [2.24, 2.45) is 0 Å². The van der Waals surface area contributed by atoms with Gasteiger partial charge in [0.05, 0.1) is 12.7 Å². The molecule has 1 aromatic heterocycles. The second-order valence-corrected chi connectivity index (χ2v) is 6.10. The number of allylic oxidation sites excluding steroid dienone is 1. The Morgan fingerprint density at radius 1 is 1.45 bits per heavy atom. The molecular formula is C17H24N4O. The molecule has 3 rings (SSSR count). The zero-order valence-electron chi connectivity index (χ0n) is 13.2. The van der Waals surface area contributed by atoms with E-state index in [1.807, 2.05) is 10.7 Å². The SMILES string of the molecule is CC(=O)Nc1ccnn1CC1=CCCN([C@H]2C=CCCC2)C1. The topological polar surface area (TPSA) is 50.2 Å². The van der Waals surface area contributed by atoms with E-state index in [9.17, 15) is 4.79 Å². The number of nitrogens with zero attached hydrogens (tertiary/aromatic N) is 3. The van der Waals surface area contributed by atoms with E-state index in [1.54, 1.807) is 6.20 Å². The smallest absolute Gasteiger partial charge is 0.222 e. The van der Waals surface area contributed by atoms with Gasteiger partial charge in [0.25, 0.3) is 0 Å². The molecule has 0 fully saturated rings. The van der Waals surface area contributed by atoms with Gasteiger partial charge in [-0.3, -0.25) is 9.69 Å². The first kappa shape index (κ1) is 15.0. The number of rotatable bonds is 4. The van der Waals surface area contributed by atoms with Crippen LogP contribution in [0.15, 0.2) is 36.1 Å². The lowest BCUT2D eigenvalue weighted by Gasteiger charge is -2.34. The fourth-order valence-electron chi connectivity index (χ4n) is 3.27. The number of carbonyl (C=O) groups excluding carboxylic acids is 1. The molecule has 1 aromatic rings. The number of anilines is 1. The maximum absolute atomic E-state index is 11.2. The van der Waals surface area contributed by atoms with Crippen molar-refractivity contribution in [3.05, 3.63) is 36.1 Å². The Kier molecular flexibility index (Phi) is 4.73. The lowest BCUT2D eigenvalue weighted by atomic mass is 9.99. The Morgan fingerprint density at radius 3 is 3.14 bits per heavy atom. The van der Waals surface area contributed by atoms with Gasteiger partial charge in [0.1, 0.15) is 5.82 Å². The summed E-state index contributed by atoms with van der Waals surface area (Å²) in [5, 5.41) is 7.16. The minimum atomic E-state index is -0.0617. The van der Waals surface area contributed by atoms with E-state index in [0.29, 0.717) is 6.04 Å². The average Bonchev–Trinajstić information content (AvgIpc) is 2.95. The van der Waals surface area contributed by atoms with Gasteiger partial charge in [-0.2, -0.15) is 5.10 Å². The summed E-state index contributed by atoms with van der Waals surface area (Å²) in [6, 6.07) is 2.43. The van der Waals surface area contributed by atoms with Crippen LogP contribution in [0.3, 0.4) is 0 Å². The van der Waals surface area contributed by atoms with Crippen LogP contribution >= 0.6 is 0 Å². The zero-order valence-corrected chi connectivity index (χ0v) is 13.2. The van der Waals surface area contributed by atoms with Gasteiger partial charge in [0.15, 0.2) is 0 Å². The monoisotopic (exact) mass is 300 g/mol. The van der Waals surface area contributed by atoms with Crippen LogP contribution in [0, 0.1) is 0 Å². The van der Waals surface area contributed by atoms with Gasteiger partial charge < -0.3 is 5.32 Å². The molecule has 0 spiro atoms. The van der Waals surface area contributed by atoms with Crippen molar-refractivity contribution in [1.82, 2.24) is 14.7 Å². The Labute approximate surface area is 131 Å².